The molecule has 1 rings (SSSR count). The summed E-state index contributed by atoms with van der Waals surface area (Å²) in [5, 5.41) is 9.21. The average molecular weight is 256 g/mol. The van der Waals surface area contributed by atoms with Gasteiger partial charge in [-0.15, -0.1) is 0 Å². The van der Waals surface area contributed by atoms with Crippen molar-refractivity contribution >= 4 is 5.91 Å². The monoisotopic (exact) mass is 256 g/mol. The predicted molar refractivity (Wildman–Crippen MR) is 73.1 cm³/mol. The van der Waals surface area contributed by atoms with Crippen molar-refractivity contribution in [1.82, 2.24) is 4.90 Å². The molecule has 0 aromatic heterocycles. The quantitative estimate of drug-likeness (QED) is 0.757. The summed E-state index contributed by atoms with van der Waals surface area (Å²) in [5.74, 6) is 0.643. The van der Waals surface area contributed by atoms with Gasteiger partial charge >= 0.3 is 0 Å². The molecule has 0 saturated heterocycles. The maximum absolute atomic E-state index is 12.0. The highest BCUT2D eigenvalue weighted by molar-refractivity contribution is 5.81. The van der Waals surface area contributed by atoms with Crippen molar-refractivity contribution < 1.29 is 9.90 Å². The van der Waals surface area contributed by atoms with Crippen LogP contribution in [0.15, 0.2) is 0 Å². The van der Waals surface area contributed by atoms with Crippen LogP contribution in [-0.4, -0.2) is 41.7 Å². The first-order valence-corrected chi connectivity index (χ1v) is 7.19. The minimum atomic E-state index is -0.368. The summed E-state index contributed by atoms with van der Waals surface area (Å²) < 4.78 is 0. The van der Waals surface area contributed by atoms with Crippen molar-refractivity contribution in [2.45, 2.75) is 64.0 Å². The Balaban J connectivity index is 2.30. The number of amides is 1. The molecule has 0 aliphatic heterocycles. The summed E-state index contributed by atoms with van der Waals surface area (Å²) in [7, 11) is 1.77. The molecule has 1 saturated carbocycles. The van der Waals surface area contributed by atoms with Crippen molar-refractivity contribution in [2.75, 3.05) is 13.6 Å². The highest BCUT2D eigenvalue weighted by atomic mass is 16.3. The van der Waals surface area contributed by atoms with E-state index in [-0.39, 0.29) is 18.1 Å². The van der Waals surface area contributed by atoms with Gasteiger partial charge in [-0.05, 0) is 25.7 Å². The zero-order chi connectivity index (χ0) is 13.5. The lowest BCUT2D eigenvalue weighted by Gasteiger charge is -2.27. The van der Waals surface area contributed by atoms with Crippen LogP contribution in [0.25, 0.3) is 0 Å². The summed E-state index contributed by atoms with van der Waals surface area (Å²) in [6.07, 6.45) is 7.39. The molecule has 2 atom stereocenters. The van der Waals surface area contributed by atoms with E-state index in [2.05, 4.69) is 0 Å². The number of likely N-dealkylation sites (N-methyl/N-ethyl adjacent to an activating group) is 1. The van der Waals surface area contributed by atoms with E-state index < -0.39 is 0 Å². The molecule has 106 valence electrons. The predicted octanol–water partition coefficient (Wildman–Crippen LogP) is 1.51. The third-order valence-corrected chi connectivity index (χ3v) is 3.89. The maximum Gasteiger partial charge on any atom is 0.239 e. The lowest BCUT2D eigenvalue weighted by Crippen LogP contribution is -2.43. The summed E-state index contributed by atoms with van der Waals surface area (Å²) in [4.78, 5) is 13.7. The third-order valence-electron chi connectivity index (χ3n) is 3.89. The molecular formula is C14H28N2O2. The van der Waals surface area contributed by atoms with Crippen LogP contribution in [-0.2, 0) is 4.79 Å². The van der Waals surface area contributed by atoms with E-state index >= 15 is 0 Å². The van der Waals surface area contributed by atoms with E-state index in [1.165, 1.54) is 32.1 Å². The van der Waals surface area contributed by atoms with Crippen molar-refractivity contribution in [2.24, 2.45) is 11.7 Å². The Bertz CT molecular complexity index is 250. The smallest absolute Gasteiger partial charge is 0.239 e. The largest absolute Gasteiger partial charge is 0.393 e. The second-order valence-electron chi connectivity index (χ2n) is 5.74. The molecule has 0 bridgehead atoms. The molecule has 0 heterocycles. The Labute approximate surface area is 111 Å². The minimum absolute atomic E-state index is 0.0150. The van der Waals surface area contributed by atoms with Gasteiger partial charge in [0.1, 0.15) is 0 Å². The van der Waals surface area contributed by atoms with Crippen molar-refractivity contribution in [3.8, 4) is 0 Å². The Kier molecular flexibility index (Phi) is 6.65. The molecule has 4 nitrogen and oxygen atoms in total. The Morgan fingerprint density at radius 1 is 1.39 bits per heavy atom. The van der Waals surface area contributed by atoms with Gasteiger partial charge in [-0.1, -0.05) is 32.1 Å². The highest BCUT2D eigenvalue weighted by Gasteiger charge is 2.23. The number of nitrogens with zero attached hydrogens (tertiary/aromatic N) is 1. The second kappa shape index (κ2) is 7.74. The third kappa shape index (κ3) is 5.36. The van der Waals surface area contributed by atoms with E-state index in [4.69, 9.17) is 5.73 Å². The van der Waals surface area contributed by atoms with Crippen LogP contribution < -0.4 is 5.73 Å². The fourth-order valence-electron chi connectivity index (χ4n) is 2.66. The zero-order valence-electron chi connectivity index (χ0n) is 11.8. The molecule has 1 aliphatic carbocycles. The molecule has 0 aromatic rings. The number of hydrogen-bond donors (Lipinski definition) is 2. The van der Waals surface area contributed by atoms with Gasteiger partial charge in [-0.2, -0.15) is 0 Å². The van der Waals surface area contributed by atoms with Crippen LogP contribution in [0.3, 0.4) is 0 Å². The van der Waals surface area contributed by atoms with Gasteiger partial charge in [0.25, 0.3) is 0 Å². The molecule has 0 radical (unpaired) electrons. The van der Waals surface area contributed by atoms with Crippen molar-refractivity contribution in [1.29, 1.82) is 0 Å². The highest BCUT2D eigenvalue weighted by Crippen LogP contribution is 2.27. The number of hydrogen-bond acceptors (Lipinski definition) is 3. The maximum atomic E-state index is 12.0. The van der Waals surface area contributed by atoms with E-state index in [9.17, 15) is 9.90 Å². The SMILES string of the molecule is CC(O)CCN(C)C(=O)C(N)CC1CCCCC1. The van der Waals surface area contributed by atoms with Crippen LogP contribution in [0.2, 0.25) is 0 Å². The molecule has 18 heavy (non-hydrogen) atoms. The van der Waals surface area contributed by atoms with Crippen LogP contribution in [0, 0.1) is 5.92 Å². The van der Waals surface area contributed by atoms with Gasteiger partial charge < -0.3 is 15.7 Å². The lowest BCUT2D eigenvalue weighted by molar-refractivity contribution is -0.132. The van der Waals surface area contributed by atoms with Gasteiger partial charge in [0.15, 0.2) is 0 Å². The number of aliphatic hydroxyl groups excluding tert-OH is 1. The van der Waals surface area contributed by atoms with E-state index in [0.717, 1.165) is 6.42 Å². The number of carbonyl (C=O) groups is 1. The van der Waals surface area contributed by atoms with E-state index in [1.807, 2.05) is 0 Å². The molecule has 1 aliphatic rings. The van der Waals surface area contributed by atoms with Gasteiger partial charge in [0.2, 0.25) is 5.91 Å². The molecule has 0 aromatic carbocycles. The van der Waals surface area contributed by atoms with Gasteiger partial charge in [-0.3, -0.25) is 4.79 Å². The summed E-state index contributed by atoms with van der Waals surface area (Å²) in [6, 6.07) is -0.368. The molecule has 1 amide bonds. The molecule has 4 heteroatoms. The lowest BCUT2D eigenvalue weighted by atomic mass is 9.85. The zero-order valence-corrected chi connectivity index (χ0v) is 11.8. The minimum Gasteiger partial charge on any atom is -0.393 e. The van der Waals surface area contributed by atoms with Crippen LogP contribution in [0.5, 0.6) is 0 Å². The molecule has 1 fully saturated rings. The van der Waals surface area contributed by atoms with Crippen LogP contribution >= 0.6 is 0 Å². The van der Waals surface area contributed by atoms with Crippen molar-refractivity contribution in [3.05, 3.63) is 0 Å². The topological polar surface area (TPSA) is 66.6 Å². The number of carbonyl (C=O) groups excluding carboxylic acids is 1. The Morgan fingerprint density at radius 3 is 2.56 bits per heavy atom. The molecular weight excluding hydrogens is 228 g/mol. The molecule has 3 N–H and O–H groups in total. The van der Waals surface area contributed by atoms with Crippen LogP contribution in [0.1, 0.15) is 51.9 Å². The van der Waals surface area contributed by atoms with Gasteiger partial charge in [0, 0.05) is 13.6 Å². The number of aliphatic hydroxyl groups is 1. The second-order valence-corrected chi connectivity index (χ2v) is 5.74. The van der Waals surface area contributed by atoms with Crippen molar-refractivity contribution in [3.63, 3.8) is 0 Å². The van der Waals surface area contributed by atoms with Gasteiger partial charge in [0.05, 0.1) is 12.1 Å². The first-order chi connectivity index (χ1) is 8.50. The number of rotatable bonds is 6. The number of nitrogens with two attached hydrogens (primary N) is 1. The Morgan fingerprint density at radius 2 is 2.00 bits per heavy atom. The Hall–Kier alpha value is -0.610. The fourth-order valence-corrected chi connectivity index (χ4v) is 2.66. The first-order valence-electron chi connectivity index (χ1n) is 7.19. The average Bonchev–Trinajstić information content (AvgIpc) is 2.36. The molecule has 0 spiro atoms. The summed E-state index contributed by atoms with van der Waals surface area (Å²) in [5.41, 5.74) is 6.00. The normalized spacial score (nSPS) is 20.4. The van der Waals surface area contributed by atoms with Gasteiger partial charge in [-0.25, -0.2) is 0 Å². The summed E-state index contributed by atoms with van der Waals surface area (Å²) in [6.45, 7) is 2.31. The fraction of sp³-hybridized carbons (Fsp3) is 0.929. The first kappa shape index (κ1) is 15.4. The van der Waals surface area contributed by atoms with E-state index in [0.29, 0.717) is 18.9 Å². The molecule has 2 unspecified atom stereocenters. The van der Waals surface area contributed by atoms with Crippen LogP contribution in [0.4, 0.5) is 0 Å². The standard InChI is InChI=1S/C14H28N2O2/c1-11(17)8-9-16(2)14(18)13(15)10-12-6-4-3-5-7-12/h11-13,17H,3-10,15H2,1-2H3. The summed E-state index contributed by atoms with van der Waals surface area (Å²) >= 11 is 0. The van der Waals surface area contributed by atoms with E-state index in [1.54, 1.807) is 18.9 Å².